The summed E-state index contributed by atoms with van der Waals surface area (Å²) in [4.78, 5) is 32.5. The molecule has 40 heavy (non-hydrogen) atoms. The van der Waals surface area contributed by atoms with E-state index in [1.54, 1.807) is 4.90 Å². The van der Waals surface area contributed by atoms with Crippen LogP contribution in [0.3, 0.4) is 0 Å². The van der Waals surface area contributed by atoms with Gasteiger partial charge in [0.2, 0.25) is 5.88 Å². The van der Waals surface area contributed by atoms with Gasteiger partial charge in [-0.1, -0.05) is 25.4 Å². The first-order chi connectivity index (χ1) is 19.1. The van der Waals surface area contributed by atoms with E-state index < -0.39 is 11.4 Å². The molecular formula is C28H40ClFN6O4. The zero-order valence-electron chi connectivity index (χ0n) is 24.1. The summed E-state index contributed by atoms with van der Waals surface area (Å²) in [5.74, 6) is -0.0327. The van der Waals surface area contributed by atoms with Gasteiger partial charge in [0.05, 0.1) is 18.2 Å². The second-order valence-electron chi connectivity index (χ2n) is 11.7. The van der Waals surface area contributed by atoms with Crippen LogP contribution in [0.25, 0.3) is 10.9 Å². The molecule has 3 saturated heterocycles. The van der Waals surface area contributed by atoms with Gasteiger partial charge in [0.25, 0.3) is 0 Å². The van der Waals surface area contributed by atoms with Crippen LogP contribution in [0.15, 0.2) is 0 Å². The quantitative estimate of drug-likeness (QED) is 0.463. The predicted molar refractivity (Wildman–Crippen MR) is 151 cm³/mol. The fourth-order valence-corrected chi connectivity index (χ4v) is 6.44. The molecule has 4 aliphatic heterocycles. The van der Waals surface area contributed by atoms with Gasteiger partial charge in [-0.2, -0.15) is 15.0 Å². The molecule has 0 N–H and O–H groups in total. The molecule has 1 unspecified atom stereocenters. The Morgan fingerprint density at radius 3 is 2.55 bits per heavy atom. The summed E-state index contributed by atoms with van der Waals surface area (Å²) in [6.45, 7) is 13.8. The number of nitrogens with zero attached hydrogens (tertiary/aromatic N) is 6. The maximum Gasteiger partial charge on any atom is 0.410 e. The van der Waals surface area contributed by atoms with E-state index in [1.165, 1.54) is 0 Å². The summed E-state index contributed by atoms with van der Waals surface area (Å²) < 4.78 is 33.1. The lowest BCUT2D eigenvalue weighted by molar-refractivity contribution is 0.0207. The number of ether oxygens (including phenoxy) is 3. The van der Waals surface area contributed by atoms with Crippen molar-refractivity contribution in [1.82, 2.24) is 24.8 Å². The highest BCUT2D eigenvalue weighted by Crippen LogP contribution is 2.41. The van der Waals surface area contributed by atoms with E-state index in [4.69, 9.17) is 30.8 Å². The van der Waals surface area contributed by atoms with Crippen molar-refractivity contribution in [1.29, 1.82) is 0 Å². The zero-order chi connectivity index (χ0) is 28.7. The molecule has 0 bridgehead atoms. The van der Waals surface area contributed by atoms with Crippen molar-refractivity contribution in [2.45, 2.75) is 83.9 Å². The Balaban J connectivity index is 0.00000158. The number of carbonyl (C=O) groups is 1. The van der Waals surface area contributed by atoms with Gasteiger partial charge in [-0.05, 0) is 59.5 Å². The molecule has 4 aliphatic rings. The normalized spacial score (nSPS) is 21.9. The van der Waals surface area contributed by atoms with Crippen molar-refractivity contribution in [3.05, 3.63) is 11.0 Å². The van der Waals surface area contributed by atoms with Crippen LogP contribution in [-0.4, -0.2) is 94.0 Å². The van der Waals surface area contributed by atoms with Crippen LogP contribution in [0.2, 0.25) is 5.15 Å². The Bertz CT molecular complexity index is 1250. The summed E-state index contributed by atoms with van der Waals surface area (Å²) in [6.07, 6.45) is 4.69. The first kappa shape index (κ1) is 28.9. The van der Waals surface area contributed by atoms with E-state index >= 15 is 4.39 Å². The average Bonchev–Trinajstić information content (AvgIpc) is 3.49. The summed E-state index contributed by atoms with van der Waals surface area (Å²) in [5.41, 5.74) is -0.561. The molecule has 220 valence electrons. The highest BCUT2D eigenvalue weighted by Gasteiger charge is 2.45. The molecule has 2 aromatic heterocycles. The Labute approximate surface area is 240 Å². The topological polar surface area (TPSA) is 93.2 Å². The van der Waals surface area contributed by atoms with Crippen LogP contribution in [-0.2, 0) is 4.74 Å². The van der Waals surface area contributed by atoms with Crippen molar-refractivity contribution >= 4 is 34.4 Å². The molecule has 0 aromatic carbocycles. The summed E-state index contributed by atoms with van der Waals surface area (Å²) in [6, 6.07) is -0.00510. The Kier molecular flexibility index (Phi) is 8.16. The molecule has 1 atom stereocenters. The van der Waals surface area contributed by atoms with Crippen molar-refractivity contribution in [2.75, 3.05) is 50.8 Å². The predicted octanol–water partition coefficient (Wildman–Crippen LogP) is 5.06. The number of aromatic nitrogens is 3. The van der Waals surface area contributed by atoms with Gasteiger partial charge in [-0.15, -0.1) is 0 Å². The fourth-order valence-electron chi connectivity index (χ4n) is 6.28. The van der Waals surface area contributed by atoms with E-state index in [1.807, 2.05) is 34.6 Å². The zero-order valence-corrected chi connectivity index (χ0v) is 24.9. The van der Waals surface area contributed by atoms with Gasteiger partial charge >= 0.3 is 12.1 Å². The number of hydrogen-bond donors (Lipinski definition) is 0. The SMILES string of the molecule is CC.CC(C)(C)OC(=O)N1CCN2c3nc(OCC45CCCN4CCC5)nc4c(F)c(Cl)nc(c34)OCCC2C1. The largest absolute Gasteiger partial charge is 0.477 e. The maximum atomic E-state index is 15.3. The number of fused-ring (bicyclic) bond motifs is 3. The number of piperazine rings is 1. The molecule has 3 fully saturated rings. The lowest BCUT2D eigenvalue weighted by Crippen LogP contribution is -2.56. The van der Waals surface area contributed by atoms with Crippen molar-refractivity contribution < 1.29 is 23.4 Å². The lowest BCUT2D eigenvalue weighted by atomic mass is 9.95. The molecule has 12 heteroatoms. The Hall–Kier alpha value is -2.66. The number of hydrogen-bond acceptors (Lipinski definition) is 9. The molecule has 2 aromatic rings. The first-order valence-corrected chi connectivity index (χ1v) is 14.8. The number of carbonyl (C=O) groups excluding carboxylic acids is 1. The van der Waals surface area contributed by atoms with Crippen LogP contribution in [0, 0.1) is 5.82 Å². The minimum Gasteiger partial charge on any atom is -0.477 e. The minimum atomic E-state index is -0.728. The summed E-state index contributed by atoms with van der Waals surface area (Å²) >= 11 is 6.15. The molecule has 1 amide bonds. The number of pyridine rings is 1. The molecule has 6 rings (SSSR count). The molecule has 0 spiro atoms. The van der Waals surface area contributed by atoms with Crippen LogP contribution in [0.4, 0.5) is 15.0 Å². The van der Waals surface area contributed by atoms with Gasteiger partial charge in [-0.3, -0.25) is 4.90 Å². The summed E-state index contributed by atoms with van der Waals surface area (Å²) in [5, 5.41) is 0.0718. The lowest BCUT2D eigenvalue weighted by Gasteiger charge is -2.43. The fraction of sp³-hybridized carbons (Fsp3) is 0.714. The number of amides is 1. The number of halogens is 2. The van der Waals surface area contributed by atoms with Crippen molar-refractivity contribution in [2.24, 2.45) is 0 Å². The van der Waals surface area contributed by atoms with Crippen LogP contribution < -0.4 is 14.4 Å². The Morgan fingerprint density at radius 1 is 1.12 bits per heavy atom. The van der Waals surface area contributed by atoms with E-state index in [-0.39, 0.29) is 40.2 Å². The molecule has 0 saturated carbocycles. The third-order valence-corrected chi connectivity index (χ3v) is 8.30. The minimum absolute atomic E-state index is 0.00575. The van der Waals surface area contributed by atoms with E-state index in [0.29, 0.717) is 50.5 Å². The average molecular weight is 579 g/mol. The van der Waals surface area contributed by atoms with Gasteiger partial charge in [-0.25, -0.2) is 9.18 Å². The maximum absolute atomic E-state index is 15.3. The van der Waals surface area contributed by atoms with E-state index in [9.17, 15) is 4.79 Å². The molecule has 6 heterocycles. The standard InChI is InChI=1S/C26H34ClFN6O4.C2H6/c1-25(2,3)38-24(35)32-11-12-34-16(14-32)6-13-36-22-17-19(18(28)20(27)30-22)29-23(31-21(17)34)37-15-26-7-4-9-33(26)10-5-8-26;1-2/h16H,4-15H2,1-3H3;1-2H3. The monoisotopic (exact) mass is 578 g/mol. The molecule has 0 aliphatic carbocycles. The van der Waals surface area contributed by atoms with Gasteiger partial charge < -0.3 is 24.0 Å². The number of anilines is 1. The Morgan fingerprint density at radius 2 is 1.85 bits per heavy atom. The molecule has 10 nitrogen and oxygen atoms in total. The third kappa shape index (κ3) is 5.46. The van der Waals surface area contributed by atoms with Crippen LogP contribution in [0.1, 0.15) is 66.7 Å². The van der Waals surface area contributed by atoms with E-state index in [2.05, 4.69) is 19.8 Å². The van der Waals surface area contributed by atoms with Gasteiger partial charge in [0.1, 0.15) is 28.9 Å². The van der Waals surface area contributed by atoms with Crippen molar-refractivity contribution in [3.63, 3.8) is 0 Å². The third-order valence-electron chi connectivity index (χ3n) is 8.05. The van der Waals surface area contributed by atoms with Crippen LogP contribution >= 0.6 is 11.6 Å². The highest BCUT2D eigenvalue weighted by atomic mass is 35.5. The molecule has 0 radical (unpaired) electrons. The van der Waals surface area contributed by atoms with E-state index in [0.717, 1.165) is 38.8 Å². The van der Waals surface area contributed by atoms with Gasteiger partial charge in [0, 0.05) is 26.1 Å². The summed E-state index contributed by atoms with van der Waals surface area (Å²) in [7, 11) is 0. The first-order valence-electron chi connectivity index (χ1n) is 14.5. The van der Waals surface area contributed by atoms with Crippen LogP contribution in [0.5, 0.6) is 11.9 Å². The highest BCUT2D eigenvalue weighted by molar-refractivity contribution is 6.30. The smallest absolute Gasteiger partial charge is 0.410 e. The second-order valence-corrected chi connectivity index (χ2v) is 12.1. The number of rotatable bonds is 3. The molecular weight excluding hydrogens is 539 g/mol. The second kappa shape index (κ2) is 11.3. The van der Waals surface area contributed by atoms with Crippen molar-refractivity contribution in [3.8, 4) is 11.9 Å². The van der Waals surface area contributed by atoms with Gasteiger partial charge in [0.15, 0.2) is 11.0 Å².